The van der Waals surface area contributed by atoms with E-state index in [4.69, 9.17) is 0 Å². The number of hydrogen-bond donors (Lipinski definition) is 0. The van der Waals surface area contributed by atoms with Crippen LogP contribution in [0.2, 0.25) is 0 Å². The number of rotatable bonds is 8. The zero-order chi connectivity index (χ0) is 17.5. The summed E-state index contributed by atoms with van der Waals surface area (Å²) in [4.78, 5) is 30.4. The van der Waals surface area contributed by atoms with Gasteiger partial charge in [0.1, 0.15) is 11.1 Å². The molecule has 0 radical (unpaired) electrons. The molecule has 1 aromatic rings. The molecule has 0 fully saturated rings. The van der Waals surface area contributed by atoms with E-state index in [2.05, 4.69) is 123 Å². The van der Waals surface area contributed by atoms with Crippen LogP contribution in [0.25, 0.3) is 0 Å². The Kier molecular flexibility index (Phi) is 10.5. The molecule has 0 saturated heterocycles. The minimum Gasteiger partial charge on any atom is -0.211 e. The quantitative estimate of drug-likeness (QED) is 0.158. The zero-order valence-electron chi connectivity index (χ0n) is 11.7. The first kappa shape index (κ1) is 22.7. The van der Waals surface area contributed by atoms with Gasteiger partial charge in [0.2, 0.25) is 12.2 Å². The maximum Gasteiger partial charge on any atom is 0.235 e. The molecule has 0 heterocycles. The summed E-state index contributed by atoms with van der Waals surface area (Å²) in [5.74, 6) is 0. The van der Waals surface area contributed by atoms with Crippen molar-refractivity contribution in [2.24, 2.45) is 9.98 Å². The van der Waals surface area contributed by atoms with Crippen molar-refractivity contribution in [3.05, 3.63) is 32.9 Å². The van der Waals surface area contributed by atoms with E-state index in [-0.39, 0.29) is 0 Å². The standard InChI is InChI=1S/C14H11I5N2O2/c15-4-13(5-16,20-8-22)10-2-1-3-11(19)12(10)14(6-17,7-18)21-9-23/h1-3H,4-7H2. The molecule has 0 aliphatic rings. The van der Waals surface area contributed by atoms with Gasteiger partial charge in [-0.3, -0.25) is 0 Å². The third kappa shape index (κ3) is 4.87. The zero-order valence-corrected chi connectivity index (χ0v) is 22.4. The van der Waals surface area contributed by atoms with Gasteiger partial charge in [0.25, 0.3) is 0 Å². The SMILES string of the molecule is O=C=NC(CI)(CI)c1cccc(I)c1C(CI)(CI)N=C=O. The van der Waals surface area contributed by atoms with Crippen molar-refractivity contribution in [1.29, 1.82) is 0 Å². The highest BCUT2D eigenvalue weighted by Crippen LogP contribution is 2.42. The van der Waals surface area contributed by atoms with Gasteiger partial charge in [-0.05, 0) is 34.2 Å². The van der Waals surface area contributed by atoms with Crippen LogP contribution in [-0.4, -0.2) is 29.9 Å². The molecule has 0 spiro atoms. The molecule has 1 rings (SSSR count). The number of carbonyl (C=O) groups excluding carboxylic acids is 2. The Hall–Kier alpha value is 1.63. The van der Waals surface area contributed by atoms with Gasteiger partial charge >= 0.3 is 0 Å². The average Bonchev–Trinajstić information content (AvgIpc) is 2.58. The minimum absolute atomic E-state index is 0.638. The Balaban J connectivity index is 3.88. The molecule has 0 unspecified atom stereocenters. The molecule has 4 nitrogen and oxygen atoms in total. The normalized spacial score (nSPS) is 11.5. The largest absolute Gasteiger partial charge is 0.235 e. The lowest BCUT2D eigenvalue weighted by molar-refractivity contribution is 0.510. The van der Waals surface area contributed by atoms with Gasteiger partial charge in [0, 0.05) is 26.8 Å². The fourth-order valence-corrected chi connectivity index (χ4v) is 8.55. The fourth-order valence-electron chi connectivity index (χ4n) is 2.14. The molecule has 9 heteroatoms. The van der Waals surface area contributed by atoms with Gasteiger partial charge in [-0.1, -0.05) is 102 Å². The lowest BCUT2D eigenvalue weighted by Crippen LogP contribution is -2.36. The molecule has 0 atom stereocenters. The van der Waals surface area contributed by atoms with Crippen LogP contribution >= 0.6 is 113 Å². The highest BCUT2D eigenvalue weighted by Gasteiger charge is 2.41. The number of hydrogen-bond acceptors (Lipinski definition) is 4. The van der Waals surface area contributed by atoms with Crippen molar-refractivity contribution in [2.45, 2.75) is 11.1 Å². The van der Waals surface area contributed by atoms with Crippen LogP contribution in [0.3, 0.4) is 0 Å². The molecule has 0 aromatic heterocycles. The van der Waals surface area contributed by atoms with Crippen LogP contribution < -0.4 is 0 Å². The molecular weight excluding hydrogens is 863 g/mol. The molecular formula is C14H11I5N2O2. The number of benzene rings is 1. The van der Waals surface area contributed by atoms with Crippen molar-refractivity contribution in [1.82, 2.24) is 0 Å². The fraction of sp³-hybridized carbons (Fsp3) is 0.429. The van der Waals surface area contributed by atoms with Gasteiger partial charge in [0.05, 0.1) is 0 Å². The smallest absolute Gasteiger partial charge is 0.211 e. The Labute approximate surface area is 203 Å². The van der Waals surface area contributed by atoms with Gasteiger partial charge in [-0.15, -0.1) is 0 Å². The summed E-state index contributed by atoms with van der Waals surface area (Å²) in [7, 11) is 0. The molecule has 0 aliphatic carbocycles. The molecule has 124 valence electrons. The Morgan fingerprint density at radius 1 is 0.870 bits per heavy atom. The average molecular weight is 874 g/mol. The monoisotopic (exact) mass is 874 g/mol. The van der Waals surface area contributed by atoms with Crippen molar-refractivity contribution >= 4 is 125 Å². The molecule has 23 heavy (non-hydrogen) atoms. The molecule has 0 saturated carbocycles. The molecule has 0 amide bonds. The summed E-state index contributed by atoms with van der Waals surface area (Å²) in [6, 6.07) is 5.91. The maximum absolute atomic E-state index is 11.1. The van der Waals surface area contributed by atoms with E-state index in [1.54, 1.807) is 12.2 Å². The van der Waals surface area contributed by atoms with Crippen LogP contribution in [0.1, 0.15) is 11.1 Å². The van der Waals surface area contributed by atoms with E-state index in [1.807, 2.05) is 18.2 Å². The van der Waals surface area contributed by atoms with E-state index in [9.17, 15) is 9.59 Å². The highest BCUT2D eigenvalue weighted by molar-refractivity contribution is 14.1. The summed E-state index contributed by atoms with van der Waals surface area (Å²) in [6.45, 7) is 0. The van der Waals surface area contributed by atoms with Crippen LogP contribution in [0.5, 0.6) is 0 Å². The lowest BCUT2D eigenvalue weighted by atomic mass is 9.82. The number of aliphatic imine (C=N–C) groups is 2. The molecule has 0 bridgehead atoms. The molecule has 0 aliphatic heterocycles. The number of alkyl halides is 4. The predicted molar refractivity (Wildman–Crippen MR) is 134 cm³/mol. The third-order valence-corrected chi connectivity index (χ3v) is 9.33. The van der Waals surface area contributed by atoms with Gasteiger partial charge in [-0.25, -0.2) is 9.59 Å². The van der Waals surface area contributed by atoms with Crippen molar-refractivity contribution < 1.29 is 9.59 Å². The second-order valence-electron chi connectivity index (χ2n) is 4.67. The summed E-state index contributed by atoms with van der Waals surface area (Å²) in [5.41, 5.74) is 0.557. The Bertz CT molecular complexity index is 647. The van der Waals surface area contributed by atoms with Crippen LogP contribution in [0, 0.1) is 3.57 Å². The topological polar surface area (TPSA) is 58.9 Å². The van der Waals surface area contributed by atoms with E-state index in [1.165, 1.54) is 0 Å². The van der Waals surface area contributed by atoms with E-state index in [0.717, 1.165) is 14.7 Å². The summed E-state index contributed by atoms with van der Waals surface area (Å²) in [5, 5.41) is 0. The summed E-state index contributed by atoms with van der Waals surface area (Å²) >= 11 is 11.2. The number of isocyanates is 2. The van der Waals surface area contributed by atoms with Crippen LogP contribution in [0.4, 0.5) is 0 Å². The van der Waals surface area contributed by atoms with Gasteiger partial charge < -0.3 is 0 Å². The first-order valence-electron chi connectivity index (χ1n) is 6.22. The van der Waals surface area contributed by atoms with Crippen molar-refractivity contribution in [2.75, 3.05) is 17.7 Å². The predicted octanol–water partition coefficient (Wildman–Crippen LogP) is 5.09. The summed E-state index contributed by atoms with van der Waals surface area (Å²) in [6.07, 6.45) is 3.46. The Morgan fingerprint density at radius 3 is 1.78 bits per heavy atom. The van der Waals surface area contributed by atoms with Crippen molar-refractivity contribution in [3.8, 4) is 0 Å². The van der Waals surface area contributed by atoms with E-state index < -0.39 is 11.1 Å². The maximum atomic E-state index is 11.1. The first-order chi connectivity index (χ1) is 11.0. The van der Waals surface area contributed by atoms with Gasteiger partial charge in [-0.2, -0.15) is 9.98 Å². The van der Waals surface area contributed by atoms with Crippen LogP contribution in [0.15, 0.2) is 28.2 Å². The highest BCUT2D eigenvalue weighted by atomic mass is 127. The first-order valence-corrected chi connectivity index (χ1v) is 13.4. The summed E-state index contributed by atoms with van der Waals surface area (Å²) < 4.78 is 3.56. The molecule has 0 N–H and O–H groups in total. The second-order valence-corrected chi connectivity index (χ2v) is 8.88. The van der Waals surface area contributed by atoms with E-state index in [0.29, 0.717) is 17.7 Å². The minimum atomic E-state index is -0.669. The third-order valence-electron chi connectivity index (χ3n) is 3.38. The lowest BCUT2D eigenvalue weighted by Gasteiger charge is -2.34. The van der Waals surface area contributed by atoms with Gasteiger partial charge in [0.15, 0.2) is 0 Å². The Morgan fingerprint density at radius 2 is 1.35 bits per heavy atom. The van der Waals surface area contributed by atoms with Crippen LogP contribution in [-0.2, 0) is 20.7 Å². The van der Waals surface area contributed by atoms with E-state index >= 15 is 0 Å². The second kappa shape index (κ2) is 10.7. The van der Waals surface area contributed by atoms with Crippen molar-refractivity contribution in [3.63, 3.8) is 0 Å². The number of nitrogens with zero attached hydrogens (tertiary/aromatic N) is 2. The number of halogens is 5. The molecule has 1 aromatic carbocycles.